The quantitative estimate of drug-likeness (QED) is 0.880. The van der Waals surface area contributed by atoms with Crippen LogP contribution in [0.15, 0.2) is 12.3 Å². The summed E-state index contributed by atoms with van der Waals surface area (Å²) in [7, 11) is 2.04. The molecule has 1 aliphatic carbocycles. The van der Waals surface area contributed by atoms with Crippen LogP contribution in [0, 0.1) is 5.92 Å². The zero-order valence-electron chi connectivity index (χ0n) is 12.2. The molecule has 1 aliphatic heterocycles. The van der Waals surface area contributed by atoms with E-state index in [0.29, 0.717) is 6.04 Å². The molecule has 2 heterocycles. The van der Waals surface area contributed by atoms with Gasteiger partial charge in [0.05, 0.1) is 5.69 Å². The van der Waals surface area contributed by atoms with Crippen molar-refractivity contribution in [3.05, 3.63) is 18.0 Å². The molecule has 0 aromatic carbocycles. The Kier molecular flexibility index (Phi) is 3.89. The second kappa shape index (κ2) is 5.63. The SMILES string of the molecule is CC(c1ccnn1C)N1CCC(NCC2CC2)CC1. The highest BCUT2D eigenvalue weighted by Gasteiger charge is 2.26. The van der Waals surface area contributed by atoms with Crippen LogP contribution < -0.4 is 5.32 Å². The molecular formula is C15H26N4. The van der Waals surface area contributed by atoms with E-state index in [0.717, 1.165) is 12.0 Å². The summed E-state index contributed by atoms with van der Waals surface area (Å²) in [6.07, 6.45) is 7.37. The fourth-order valence-electron chi connectivity index (χ4n) is 3.13. The first kappa shape index (κ1) is 13.1. The van der Waals surface area contributed by atoms with E-state index in [2.05, 4.69) is 28.3 Å². The molecule has 2 aliphatic rings. The van der Waals surface area contributed by atoms with Gasteiger partial charge in [-0.15, -0.1) is 0 Å². The molecule has 106 valence electrons. The molecule has 1 saturated heterocycles. The fraction of sp³-hybridized carbons (Fsp3) is 0.800. The molecule has 0 amide bonds. The Morgan fingerprint density at radius 2 is 2.05 bits per heavy atom. The number of hydrogen-bond donors (Lipinski definition) is 1. The Hall–Kier alpha value is -0.870. The Balaban J connectivity index is 1.47. The second-order valence-corrected chi connectivity index (χ2v) is 6.22. The van der Waals surface area contributed by atoms with Gasteiger partial charge in [0.15, 0.2) is 0 Å². The van der Waals surface area contributed by atoms with Crippen LogP contribution >= 0.6 is 0 Å². The third-order valence-corrected chi connectivity index (χ3v) is 4.76. The molecule has 3 rings (SSSR count). The van der Waals surface area contributed by atoms with Crippen molar-refractivity contribution >= 4 is 0 Å². The van der Waals surface area contributed by atoms with Crippen LogP contribution in [0.25, 0.3) is 0 Å². The molecule has 1 atom stereocenters. The highest BCUT2D eigenvalue weighted by atomic mass is 15.3. The highest BCUT2D eigenvalue weighted by Crippen LogP contribution is 2.28. The highest BCUT2D eigenvalue weighted by molar-refractivity contribution is 5.06. The third kappa shape index (κ3) is 3.18. The lowest BCUT2D eigenvalue weighted by Gasteiger charge is -2.36. The Morgan fingerprint density at radius 1 is 1.32 bits per heavy atom. The van der Waals surface area contributed by atoms with Crippen LogP contribution in [-0.2, 0) is 7.05 Å². The van der Waals surface area contributed by atoms with Crippen molar-refractivity contribution in [2.75, 3.05) is 19.6 Å². The summed E-state index contributed by atoms with van der Waals surface area (Å²) in [6, 6.07) is 3.37. The minimum Gasteiger partial charge on any atom is -0.314 e. The van der Waals surface area contributed by atoms with E-state index in [-0.39, 0.29) is 0 Å². The standard InChI is InChI=1S/C15H26N4/c1-12(15-5-8-17-18(15)2)19-9-6-14(7-10-19)16-11-13-3-4-13/h5,8,12-14,16H,3-4,6-7,9-11H2,1-2H3. The van der Waals surface area contributed by atoms with Crippen molar-refractivity contribution in [1.82, 2.24) is 20.0 Å². The van der Waals surface area contributed by atoms with Gasteiger partial charge in [0.25, 0.3) is 0 Å². The van der Waals surface area contributed by atoms with E-state index >= 15 is 0 Å². The van der Waals surface area contributed by atoms with Gasteiger partial charge < -0.3 is 5.32 Å². The Morgan fingerprint density at radius 3 is 2.63 bits per heavy atom. The van der Waals surface area contributed by atoms with E-state index in [1.54, 1.807) is 0 Å². The van der Waals surface area contributed by atoms with Gasteiger partial charge >= 0.3 is 0 Å². The number of aromatic nitrogens is 2. The molecule has 1 N–H and O–H groups in total. The molecule has 0 spiro atoms. The van der Waals surface area contributed by atoms with E-state index in [1.165, 1.54) is 51.0 Å². The van der Waals surface area contributed by atoms with Crippen molar-refractivity contribution in [3.63, 3.8) is 0 Å². The minimum absolute atomic E-state index is 0.483. The summed E-state index contributed by atoms with van der Waals surface area (Å²) in [4.78, 5) is 2.59. The molecule has 1 unspecified atom stereocenters. The van der Waals surface area contributed by atoms with Gasteiger partial charge in [-0.3, -0.25) is 9.58 Å². The van der Waals surface area contributed by atoms with Gasteiger partial charge in [-0.05, 0) is 51.1 Å². The van der Waals surface area contributed by atoms with Gasteiger partial charge in [-0.1, -0.05) is 0 Å². The molecule has 19 heavy (non-hydrogen) atoms. The van der Waals surface area contributed by atoms with Gasteiger partial charge in [0.1, 0.15) is 0 Å². The van der Waals surface area contributed by atoms with Crippen molar-refractivity contribution in [2.24, 2.45) is 13.0 Å². The molecule has 4 heteroatoms. The number of piperidine rings is 1. The average molecular weight is 262 g/mol. The zero-order valence-corrected chi connectivity index (χ0v) is 12.2. The lowest BCUT2D eigenvalue weighted by molar-refractivity contribution is 0.147. The van der Waals surface area contributed by atoms with Crippen LogP contribution in [0.3, 0.4) is 0 Å². The van der Waals surface area contributed by atoms with Crippen molar-refractivity contribution in [1.29, 1.82) is 0 Å². The maximum atomic E-state index is 4.28. The lowest BCUT2D eigenvalue weighted by Crippen LogP contribution is -2.44. The van der Waals surface area contributed by atoms with Crippen LogP contribution in [0.5, 0.6) is 0 Å². The van der Waals surface area contributed by atoms with Gasteiger partial charge in [0, 0.05) is 38.4 Å². The first-order chi connectivity index (χ1) is 9.24. The fourth-order valence-corrected chi connectivity index (χ4v) is 3.13. The third-order valence-electron chi connectivity index (χ3n) is 4.76. The van der Waals surface area contributed by atoms with Gasteiger partial charge in [-0.2, -0.15) is 5.10 Å². The van der Waals surface area contributed by atoms with Crippen molar-refractivity contribution in [2.45, 2.75) is 44.7 Å². The van der Waals surface area contributed by atoms with Crippen molar-refractivity contribution in [3.8, 4) is 0 Å². The van der Waals surface area contributed by atoms with Gasteiger partial charge in [-0.25, -0.2) is 0 Å². The summed E-state index contributed by atoms with van der Waals surface area (Å²) in [6.45, 7) is 5.96. The maximum absolute atomic E-state index is 4.28. The largest absolute Gasteiger partial charge is 0.314 e. The minimum atomic E-state index is 0.483. The second-order valence-electron chi connectivity index (χ2n) is 6.22. The topological polar surface area (TPSA) is 33.1 Å². The first-order valence-electron chi connectivity index (χ1n) is 7.69. The Labute approximate surface area is 116 Å². The molecule has 0 radical (unpaired) electrons. The summed E-state index contributed by atoms with van der Waals surface area (Å²) in [5.74, 6) is 0.992. The average Bonchev–Trinajstić information content (AvgIpc) is 3.17. The Bertz CT molecular complexity index is 402. The van der Waals surface area contributed by atoms with E-state index in [9.17, 15) is 0 Å². The molecule has 1 aromatic rings. The molecule has 4 nitrogen and oxygen atoms in total. The maximum Gasteiger partial charge on any atom is 0.0549 e. The number of nitrogens with one attached hydrogen (secondary N) is 1. The zero-order chi connectivity index (χ0) is 13.2. The molecule has 0 bridgehead atoms. The van der Waals surface area contributed by atoms with Crippen LogP contribution in [0.2, 0.25) is 0 Å². The van der Waals surface area contributed by atoms with Gasteiger partial charge in [0.2, 0.25) is 0 Å². The smallest absolute Gasteiger partial charge is 0.0549 e. The lowest BCUT2D eigenvalue weighted by atomic mass is 10.0. The number of likely N-dealkylation sites (tertiary alicyclic amines) is 1. The summed E-state index contributed by atoms with van der Waals surface area (Å²) >= 11 is 0. The number of aryl methyl sites for hydroxylation is 1. The molecule has 2 fully saturated rings. The summed E-state index contributed by atoms with van der Waals surface area (Å²) < 4.78 is 2.00. The van der Waals surface area contributed by atoms with Crippen LogP contribution in [0.4, 0.5) is 0 Å². The number of rotatable bonds is 5. The first-order valence-corrected chi connectivity index (χ1v) is 7.69. The van der Waals surface area contributed by atoms with Crippen molar-refractivity contribution < 1.29 is 0 Å². The summed E-state index contributed by atoms with van der Waals surface area (Å²) in [5, 5.41) is 8.03. The predicted molar refractivity (Wildman–Crippen MR) is 76.9 cm³/mol. The van der Waals surface area contributed by atoms with Crippen LogP contribution in [0.1, 0.15) is 44.3 Å². The number of nitrogens with zero attached hydrogens (tertiary/aromatic N) is 3. The molecule has 1 saturated carbocycles. The molecule has 1 aromatic heterocycles. The monoisotopic (exact) mass is 262 g/mol. The normalized spacial score (nSPS) is 23.7. The number of hydrogen-bond acceptors (Lipinski definition) is 3. The van der Waals surface area contributed by atoms with E-state index in [1.807, 2.05) is 17.9 Å². The summed E-state index contributed by atoms with van der Waals surface area (Å²) in [5.41, 5.74) is 1.32. The van der Waals surface area contributed by atoms with Crippen LogP contribution in [-0.4, -0.2) is 40.4 Å². The molecular weight excluding hydrogens is 236 g/mol. The predicted octanol–water partition coefficient (Wildman–Crippen LogP) is 1.95. The van der Waals surface area contributed by atoms with E-state index < -0.39 is 0 Å². The van der Waals surface area contributed by atoms with E-state index in [4.69, 9.17) is 0 Å².